The number of hydrogen-bond acceptors (Lipinski definition) is 2. The number of rotatable bonds is 7. The zero-order valence-corrected chi connectivity index (χ0v) is 18.9. The first kappa shape index (κ1) is 21.2. The van der Waals surface area contributed by atoms with Crippen LogP contribution in [0.3, 0.4) is 0 Å². The molecule has 4 atom stereocenters. The Morgan fingerprint density at radius 2 is 1.92 bits per heavy atom. The Kier molecular flexibility index (Phi) is 6.63. The van der Waals surface area contributed by atoms with E-state index in [1.165, 1.54) is 32.1 Å². The second-order valence-corrected chi connectivity index (χ2v) is 15.5. The van der Waals surface area contributed by atoms with Crippen molar-refractivity contribution in [1.82, 2.24) is 0 Å². The molecule has 2 saturated carbocycles. The van der Waals surface area contributed by atoms with Gasteiger partial charge in [-0.25, -0.2) is 0 Å². The van der Waals surface area contributed by atoms with Crippen molar-refractivity contribution in [2.24, 2.45) is 23.2 Å². The van der Waals surface area contributed by atoms with Crippen LogP contribution < -0.4 is 0 Å². The molecule has 0 aromatic rings. The molecule has 0 aromatic heterocycles. The number of fused-ring (bicyclic) bond motifs is 1. The molecular weight excluding hydrogens is 324 g/mol. The summed E-state index contributed by atoms with van der Waals surface area (Å²) < 4.78 is 6.32. The second-order valence-electron chi connectivity index (χ2n) is 10.6. The van der Waals surface area contributed by atoms with Crippen molar-refractivity contribution in [2.75, 3.05) is 6.61 Å². The average Bonchev–Trinajstić information content (AvgIpc) is 2.84. The highest BCUT2D eigenvalue weighted by atomic mass is 28.4. The van der Waals surface area contributed by atoms with Gasteiger partial charge in [0.15, 0.2) is 8.32 Å². The lowest BCUT2D eigenvalue weighted by Crippen LogP contribution is -2.41. The Bertz CT molecular complexity index is 465. The van der Waals surface area contributed by atoms with Crippen LogP contribution in [0.15, 0.2) is 0 Å². The van der Waals surface area contributed by atoms with Crippen molar-refractivity contribution in [2.45, 2.75) is 104 Å². The van der Waals surface area contributed by atoms with Gasteiger partial charge in [-0.1, -0.05) is 47.5 Å². The van der Waals surface area contributed by atoms with Gasteiger partial charge in [0.25, 0.3) is 0 Å². The van der Waals surface area contributed by atoms with E-state index in [1.54, 1.807) is 0 Å². The maximum atomic E-state index is 12.3. The lowest BCUT2D eigenvalue weighted by atomic mass is 9.62. The molecule has 146 valence electrons. The molecule has 0 amide bonds. The molecule has 0 bridgehead atoms. The summed E-state index contributed by atoms with van der Waals surface area (Å²) in [6, 6.07) is 0. The predicted octanol–water partition coefficient (Wildman–Crippen LogP) is 6.60. The Hall–Kier alpha value is -0.153. The normalized spacial score (nSPS) is 31.9. The van der Waals surface area contributed by atoms with Crippen molar-refractivity contribution in [3.8, 4) is 0 Å². The molecule has 2 nitrogen and oxygen atoms in total. The van der Waals surface area contributed by atoms with Crippen molar-refractivity contribution < 1.29 is 9.22 Å². The minimum atomic E-state index is -1.59. The van der Waals surface area contributed by atoms with E-state index in [1.807, 2.05) is 0 Å². The number of carbonyl (C=O) groups is 1. The van der Waals surface area contributed by atoms with Crippen LogP contribution in [0, 0.1) is 23.2 Å². The highest BCUT2D eigenvalue weighted by Crippen LogP contribution is 2.57. The van der Waals surface area contributed by atoms with Gasteiger partial charge in [0, 0.05) is 18.9 Å². The van der Waals surface area contributed by atoms with Gasteiger partial charge in [-0.15, -0.1) is 0 Å². The number of unbranched alkanes of at least 4 members (excludes halogenated alkanes) is 1. The molecular formula is C22H42O2Si. The summed E-state index contributed by atoms with van der Waals surface area (Å²) in [7, 11) is -1.59. The molecule has 0 heterocycles. The second kappa shape index (κ2) is 7.84. The molecule has 0 unspecified atom stereocenters. The molecule has 0 saturated heterocycles. The van der Waals surface area contributed by atoms with E-state index in [2.05, 4.69) is 47.7 Å². The van der Waals surface area contributed by atoms with Gasteiger partial charge < -0.3 is 4.43 Å². The zero-order chi connectivity index (χ0) is 18.9. The molecule has 0 spiro atoms. The molecule has 0 aromatic carbocycles. The molecule has 3 heteroatoms. The largest absolute Gasteiger partial charge is 0.417 e. The Morgan fingerprint density at radius 3 is 2.56 bits per heavy atom. The lowest BCUT2D eigenvalue weighted by molar-refractivity contribution is -0.130. The van der Waals surface area contributed by atoms with Crippen LogP contribution in [-0.4, -0.2) is 20.7 Å². The average molecular weight is 367 g/mol. The molecule has 0 aliphatic heterocycles. The first-order valence-corrected chi connectivity index (χ1v) is 13.6. The first-order chi connectivity index (χ1) is 11.5. The number of carbonyl (C=O) groups excluding carboxylic acids is 1. The van der Waals surface area contributed by atoms with Crippen molar-refractivity contribution >= 4 is 14.1 Å². The molecule has 0 N–H and O–H groups in total. The zero-order valence-electron chi connectivity index (χ0n) is 17.9. The Balaban J connectivity index is 1.76. The van der Waals surface area contributed by atoms with Crippen LogP contribution in [0.4, 0.5) is 0 Å². The molecule has 25 heavy (non-hydrogen) atoms. The monoisotopic (exact) mass is 366 g/mol. The van der Waals surface area contributed by atoms with Crippen molar-refractivity contribution in [1.29, 1.82) is 0 Å². The third kappa shape index (κ3) is 4.58. The van der Waals surface area contributed by atoms with E-state index in [-0.39, 0.29) is 0 Å². The lowest BCUT2D eigenvalue weighted by Gasteiger charge is -2.42. The van der Waals surface area contributed by atoms with Gasteiger partial charge >= 0.3 is 0 Å². The summed E-state index contributed by atoms with van der Waals surface area (Å²) in [5, 5.41) is 0.307. The predicted molar refractivity (Wildman–Crippen MR) is 109 cm³/mol. The quantitative estimate of drug-likeness (QED) is 0.375. The van der Waals surface area contributed by atoms with Gasteiger partial charge in [-0.2, -0.15) is 0 Å². The standard InChI is InChI=1S/C22H42O2Si/c1-17(11-8-9-16-24-25(6,7)21(2,3)4)18-13-14-19-20(23)12-10-15-22(18,19)5/h17-19H,8-16H2,1-7H3/t17-,18-,19+,22-/m1/s1. The highest BCUT2D eigenvalue weighted by Gasteiger charge is 2.52. The third-order valence-electron chi connectivity index (χ3n) is 7.95. The van der Waals surface area contributed by atoms with Gasteiger partial charge in [-0.3, -0.25) is 4.79 Å². The summed E-state index contributed by atoms with van der Waals surface area (Å²) in [4.78, 5) is 12.3. The Labute approximate surface area is 157 Å². The third-order valence-corrected chi connectivity index (χ3v) is 12.5. The van der Waals surface area contributed by atoms with E-state index in [0.717, 1.165) is 37.7 Å². The number of hydrogen-bond donors (Lipinski definition) is 0. The molecule has 2 aliphatic carbocycles. The van der Waals surface area contributed by atoms with E-state index >= 15 is 0 Å². The van der Waals surface area contributed by atoms with Gasteiger partial charge in [0.2, 0.25) is 0 Å². The first-order valence-electron chi connectivity index (χ1n) is 10.7. The summed E-state index contributed by atoms with van der Waals surface area (Å²) in [6.07, 6.45) is 9.40. The SMILES string of the molecule is C[C@H](CCCCO[Si](C)(C)C(C)(C)C)[C@H]1CC[C@H]2C(=O)CCC[C@]12C. The van der Waals surface area contributed by atoms with E-state index in [9.17, 15) is 4.79 Å². The van der Waals surface area contributed by atoms with Crippen LogP contribution in [0.25, 0.3) is 0 Å². The summed E-state index contributed by atoms with van der Waals surface area (Å²) in [5.74, 6) is 2.43. The maximum absolute atomic E-state index is 12.3. The fraction of sp³-hybridized carbons (Fsp3) is 0.955. The number of Topliss-reactive ketones (excluding diaryl/α,β-unsaturated/α-hetero) is 1. The summed E-state index contributed by atoms with van der Waals surface area (Å²) >= 11 is 0. The van der Waals surface area contributed by atoms with Crippen LogP contribution in [-0.2, 0) is 9.22 Å². The van der Waals surface area contributed by atoms with Crippen LogP contribution in [0.5, 0.6) is 0 Å². The van der Waals surface area contributed by atoms with Gasteiger partial charge in [-0.05, 0) is 67.5 Å². The maximum Gasteiger partial charge on any atom is 0.191 e. The fourth-order valence-corrected chi connectivity index (χ4v) is 6.31. The van der Waals surface area contributed by atoms with Gasteiger partial charge in [0.05, 0.1) is 0 Å². The molecule has 2 aliphatic rings. The molecule has 2 rings (SSSR count). The molecule has 2 fully saturated rings. The topological polar surface area (TPSA) is 26.3 Å². The smallest absolute Gasteiger partial charge is 0.191 e. The van der Waals surface area contributed by atoms with Gasteiger partial charge in [0.1, 0.15) is 5.78 Å². The summed E-state index contributed by atoms with van der Waals surface area (Å²) in [6.45, 7) is 17.4. The van der Waals surface area contributed by atoms with Crippen LogP contribution >= 0.6 is 0 Å². The minimum Gasteiger partial charge on any atom is -0.417 e. The number of ketones is 1. The van der Waals surface area contributed by atoms with Crippen LogP contribution in [0.2, 0.25) is 18.1 Å². The minimum absolute atomic E-state index is 0.298. The van der Waals surface area contributed by atoms with E-state index in [0.29, 0.717) is 22.2 Å². The fourth-order valence-electron chi connectivity index (χ4n) is 5.22. The van der Waals surface area contributed by atoms with Crippen molar-refractivity contribution in [3.63, 3.8) is 0 Å². The summed E-state index contributed by atoms with van der Waals surface area (Å²) in [5.41, 5.74) is 0.298. The highest BCUT2D eigenvalue weighted by molar-refractivity contribution is 6.74. The van der Waals surface area contributed by atoms with Crippen molar-refractivity contribution in [3.05, 3.63) is 0 Å². The Morgan fingerprint density at radius 1 is 1.24 bits per heavy atom. The van der Waals surface area contributed by atoms with Crippen LogP contribution in [0.1, 0.15) is 86.0 Å². The molecule has 0 radical (unpaired) electrons. The van der Waals surface area contributed by atoms with E-state index in [4.69, 9.17) is 4.43 Å². The van der Waals surface area contributed by atoms with E-state index < -0.39 is 8.32 Å².